The molecule has 1 aromatic rings. The Morgan fingerprint density at radius 1 is 1.38 bits per heavy atom. The fraction of sp³-hybridized carbons (Fsp3) is 0.588. The van der Waals surface area contributed by atoms with Crippen LogP contribution >= 0.6 is 0 Å². The number of nitrogens with one attached hydrogen (secondary N) is 2. The summed E-state index contributed by atoms with van der Waals surface area (Å²) in [6, 6.07) is 8.48. The van der Waals surface area contributed by atoms with Gasteiger partial charge in [0.1, 0.15) is 0 Å². The van der Waals surface area contributed by atoms with Crippen LogP contribution in [0.1, 0.15) is 45.2 Å². The van der Waals surface area contributed by atoms with Crippen molar-refractivity contribution in [3.8, 4) is 0 Å². The summed E-state index contributed by atoms with van der Waals surface area (Å²) < 4.78 is 0. The zero-order valence-electron chi connectivity index (χ0n) is 13.4. The molecule has 1 aliphatic heterocycles. The van der Waals surface area contributed by atoms with Gasteiger partial charge in [-0.1, -0.05) is 26.0 Å². The number of nitrogens with zero attached hydrogens (tertiary/aromatic N) is 1. The van der Waals surface area contributed by atoms with E-state index in [4.69, 9.17) is 0 Å². The molecule has 1 heterocycles. The topological polar surface area (TPSA) is 44.4 Å². The molecule has 0 aromatic heterocycles. The van der Waals surface area contributed by atoms with Crippen LogP contribution in [0.25, 0.3) is 0 Å². The molecule has 0 saturated carbocycles. The molecule has 1 aromatic carbocycles. The lowest BCUT2D eigenvalue weighted by Gasteiger charge is -2.18. The summed E-state index contributed by atoms with van der Waals surface area (Å²) in [6.45, 7) is 9.26. The summed E-state index contributed by atoms with van der Waals surface area (Å²) in [5.41, 5.74) is 2.11. The molecule has 1 saturated heterocycles. The summed E-state index contributed by atoms with van der Waals surface area (Å²) in [5, 5.41) is 6.44. The molecule has 1 aliphatic rings. The summed E-state index contributed by atoms with van der Waals surface area (Å²) in [4.78, 5) is 14.0. The smallest absolute Gasteiger partial charge is 0.321 e. The van der Waals surface area contributed by atoms with E-state index in [1.54, 1.807) is 0 Å². The van der Waals surface area contributed by atoms with E-state index < -0.39 is 0 Å². The number of likely N-dealkylation sites (tertiary alicyclic amines) is 1. The maximum atomic E-state index is 12.1. The number of benzene rings is 1. The largest absolute Gasteiger partial charge is 0.324 e. The fourth-order valence-electron chi connectivity index (χ4n) is 2.66. The van der Waals surface area contributed by atoms with Crippen molar-refractivity contribution in [2.24, 2.45) is 5.92 Å². The van der Waals surface area contributed by atoms with Crippen LogP contribution in [0.5, 0.6) is 0 Å². The minimum Gasteiger partial charge on any atom is -0.324 e. The van der Waals surface area contributed by atoms with E-state index in [0.29, 0.717) is 12.0 Å². The Morgan fingerprint density at radius 2 is 2.10 bits per heavy atom. The predicted molar refractivity (Wildman–Crippen MR) is 87.5 cm³/mol. The second-order valence-corrected chi connectivity index (χ2v) is 6.07. The number of amides is 2. The lowest BCUT2D eigenvalue weighted by molar-refractivity contribution is 0.221. The van der Waals surface area contributed by atoms with E-state index in [1.807, 2.05) is 17.0 Å². The summed E-state index contributed by atoms with van der Waals surface area (Å²) in [5.74, 6) is 0.614. The van der Waals surface area contributed by atoms with Gasteiger partial charge in [-0.05, 0) is 49.9 Å². The Kier molecular flexibility index (Phi) is 5.62. The van der Waals surface area contributed by atoms with Gasteiger partial charge in [-0.3, -0.25) is 0 Å². The van der Waals surface area contributed by atoms with Gasteiger partial charge in [0.2, 0.25) is 0 Å². The van der Waals surface area contributed by atoms with Crippen LogP contribution in [0.4, 0.5) is 10.5 Å². The molecular formula is C17H27N3O. The Hall–Kier alpha value is -1.55. The first-order chi connectivity index (χ1) is 10.1. The van der Waals surface area contributed by atoms with Crippen molar-refractivity contribution in [3.63, 3.8) is 0 Å². The average molecular weight is 289 g/mol. The van der Waals surface area contributed by atoms with Gasteiger partial charge in [-0.15, -0.1) is 0 Å². The van der Waals surface area contributed by atoms with E-state index in [9.17, 15) is 4.79 Å². The van der Waals surface area contributed by atoms with Crippen LogP contribution < -0.4 is 10.6 Å². The predicted octanol–water partition coefficient (Wildman–Crippen LogP) is 3.62. The van der Waals surface area contributed by atoms with Gasteiger partial charge in [0.25, 0.3) is 0 Å². The summed E-state index contributed by atoms with van der Waals surface area (Å²) >= 11 is 0. The van der Waals surface area contributed by atoms with Crippen molar-refractivity contribution in [1.82, 2.24) is 10.2 Å². The highest BCUT2D eigenvalue weighted by molar-refractivity contribution is 5.89. The first-order valence-corrected chi connectivity index (χ1v) is 7.99. The number of rotatable bonds is 5. The van der Waals surface area contributed by atoms with Crippen molar-refractivity contribution >= 4 is 11.7 Å². The van der Waals surface area contributed by atoms with E-state index >= 15 is 0 Å². The van der Waals surface area contributed by atoms with E-state index in [0.717, 1.165) is 38.2 Å². The standard InChI is InChI=1S/C17H27N3O/c1-4-10-18-14(3)15-5-7-16(8-6-15)19-17(21)20-11-9-13(2)12-20/h5-8,13-14,18H,4,9-12H2,1-3H3,(H,19,21). The molecule has 0 spiro atoms. The normalized spacial score (nSPS) is 19.6. The molecule has 2 unspecified atom stereocenters. The van der Waals surface area contributed by atoms with Crippen LogP contribution in [0.15, 0.2) is 24.3 Å². The molecule has 2 rings (SSSR count). The molecule has 0 radical (unpaired) electrons. The summed E-state index contributed by atoms with van der Waals surface area (Å²) in [7, 11) is 0. The zero-order chi connectivity index (χ0) is 15.2. The monoisotopic (exact) mass is 289 g/mol. The zero-order valence-corrected chi connectivity index (χ0v) is 13.4. The van der Waals surface area contributed by atoms with Gasteiger partial charge in [-0.2, -0.15) is 0 Å². The lowest BCUT2D eigenvalue weighted by Crippen LogP contribution is -2.32. The second kappa shape index (κ2) is 7.46. The minimum absolute atomic E-state index is 0.0178. The highest BCUT2D eigenvalue weighted by Crippen LogP contribution is 2.19. The van der Waals surface area contributed by atoms with E-state index in [-0.39, 0.29) is 6.03 Å². The molecular weight excluding hydrogens is 262 g/mol. The van der Waals surface area contributed by atoms with Gasteiger partial charge >= 0.3 is 6.03 Å². The Labute approximate surface area is 127 Å². The van der Waals surface area contributed by atoms with Crippen LogP contribution in [-0.2, 0) is 0 Å². The van der Waals surface area contributed by atoms with Crippen molar-refractivity contribution in [2.45, 2.75) is 39.7 Å². The highest BCUT2D eigenvalue weighted by atomic mass is 16.2. The minimum atomic E-state index is 0.0178. The molecule has 2 atom stereocenters. The maximum absolute atomic E-state index is 12.1. The second-order valence-electron chi connectivity index (χ2n) is 6.07. The molecule has 2 N–H and O–H groups in total. The first kappa shape index (κ1) is 15.8. The Morgan fingerprint density at radius 3 is 2.67 bits per heavy atom. The van der Waals surface area contributed by atoms with Crippen molar-refractivity contribution in [1.29, 1.82) is 0 Å². The SMILES string of the molecule is CCCNC(C)c1ccc(NC(=O)N2CCC(C)C2)cc1. The fourth-order valence-corrected chi connectivity index (χ4v) is 2.66. The van der Waals surface area contributed by atoms with Crippen molar-refractivity contribution < 1.29 is 4.79 Å². The van der Waals surface area contributed by atoms with Gasteiger partial charge in [0.15, 0.2) is 0 Å². The van der Waals surface area contributed by atoms with Gasteiger partial charge < -0.3 is 15.5 Å². The Balaban J connectivity index is 1.88. The quantitative estimate of drug-likeness (QED) is 0.869. The van der Waals surface area contributed by atoms with Crippen LogP contribution in [0.2, 0.25) is 0 Å². The number of carbonyl (C=O) groups excluding carboxylic acids is 1. The van der Waals surface area contributed by atoms with Gasteiger partial charge in [-0.25, -0.2) is 4.79 Å². The third kappa shape index (κ3) is 4.46. The van der Waals surface area contributed by atoms with Crippen molar-refractivity contribution in [3.05, 3.63) is 29.8 Å². The van der Waals surface area contributed by atoms with Crippen LogP contribution in [0, 0.1) is 5.92 Å². The number of hydrogen-bond donors (Lipinski definition) is 2. The van der Waals surface area contributed by atoms with Crippen LogP contribution in [0.3, 0.4) is 0 Å². The maximum Gasteiger partial charge on any atom is 0.321 e. The van der Waals surface area contributed by atoms with Crippen molar-refractivity contribution in [2.75, 3.05) is 25.0 Å². The molecule has 0 bridgehead atoms. The number of anilines is 1. The summed E-state index contributed by atoms with van der Waals surface area (Å²) in [6.07, 6.45) is 2.24. The third-order valence-corrected chi connectivity index (χ3v) is 4.07. The highest BCUT2D eigenvalue weighted by Gasteiger charge is 2.23. The molecule has 4 heteroatoms. The van der Waals surface area contributed by atoms with Gasteiger partial charge in [0.05, 0.1) is 0 Å². The van der Waals surface area contributed by atoms with Gasteiger partial charge in [0, 0.05) is 24.8 Å². The number of hydrogen-bond acceptors (Lipinski definition) is 2. The molecule has 2 amide bonds. The molecule has 1 fully saturated rings. The average Bonchev–Trinajstić information content (AvgIpc) is 2.92. The number of carbonyl (C=O) groups is 1. The molecule has 0 aliphatic carbocycles. The number of urea groups is 1. The first-order valence-electron chi connectivity index (χ1n) is 7.99. The molecule has 116 valence electrons. The molecule has 4 nitrogen and oxygen atoms in total. The van der Waals surface area contributed by atoms with E-state index in [2.05, 4.69) is 43.5 Å². The van der Waals surface area contributed by atoms with E-state index in [1.165, 1.54) is 5.56 Å². The lowest BCUT2D eigenvalue weighted by atomic mass is 10.1. The Bertz CT molecular complexity index is 458. The molecule has 21 heavy (non-hydrogen) atoms. The van der Waals surface area contributed by atoms with Crippen LogP contribution in [-0.4, -0.2) is 30.6 Å². The third-order valence-electron chi connectivity index (χ3n) is 4.07.